The van der Waals surface area contributed by atoms with E-state index >= 15 is 0 Å². The van der Waals surface area contributed by atoms with Gasteiger partial charge < -0.3 is 9.31 Å². The molecule has 0 N–H and O–H groups in total. The smallest absolute Gasteiger partial charge is 0.399 e. The Hall–Kier alpha value is -3.11. The van der Waals surface area contributed by atoms with Crippen LogP contribution in [0.4, 0.5) is 0 Å². The van der Waals surface area contributed by atoms with Gasteiger partial charge in [0, 0.05) is 10.8 Å². The highest BCUT2D eigenvalue weighted by Gasteiger charge is 2.51. The molecule has 0 amide bonds. The number of hydrogen-bond acceptors (Lipinski definition) is 3. The second-order valence-corrected chi connectivity index (χ2v) is 9.38. The van der Waals surface area contributed by atoms with Gasteiger partial charge in [-0.25, -0.2) is 4.98 Å². The summed E-state index contributed by atoms with van der Waals surface area (Å²) in [5, 5.41) is 3.41. The van der Waals surface area contributed by atoms with Crippen LogP contribution in [0.2, 0.25) is 0 Å². The topological polar surface area (TPSA) is 35.8 Å². The van der Waals surface area contributed by atoms with Gasteiger partial charge in [0.25, 0.3) is 0 Å². The lowest BCUT2D eigenvalue weighted by Gasteiger charge is -2.32. The summed E-state index contributed by atoms with van der Waals surface area (Å²) < 4.78 is 14.9. The molecule has 32 heavy (non-hydrogen) atoms. The number of pyridine rings is 1. The van der Waals surface area contributed by atoms with Crippen LogP contribution in [-0.4, -0.2) is 27.7 Å². The molecular formula is C27H27BN2O2. The van der Waals surface area contributed by atoms with Gasteiger partial charge in [0.15, 0.2) is 0 Å². The number of nitrogens with zero attached hydrogens (tertiary/aromatic N) is 2. The highest BCUT2D eigenvalue weighted by Crippen LogP contribution is 2.37. The van der Waals surface area contributed by atoms with Crippen molar-refractivity contribution in [3.05, 3.63) is 78.3 Å². The van der Waals surface area contributed by atoms with E-state index in [4.69, 9.17) is 14.3 Å². The molecule has 0 atom stereocenters. The van der Waals surface area contributed by atoms with Crippen molar-refractivity contribution in [1.82, 2.24) is 9.38 Å². The second-order valence-electron chi connectivity index (χ2n) is 9.38. The summed E-state index contributed by atoms with van der Waals surface area (Å²) in [5.74, 6) is 0. The number of aromatic nitrogens is 2. The highest BCUT2D eigenvalue weighted by atomic mass is 16.7. The maximum Gasteiger partial charge on any atom is 0.494 e. The predicted molar refractivity (Wildman–Crippen MR) is 133 cm³/mol. The molecule has 2 aromatic carbocycles. The van der Waals surface area contributed by atoms with Gasteiger partial charge in [-0.2, -0.15) is 0 Å². The zero-order valence-corrected chi connectivity index (χ0v) is 19.3. The molecule has 0 unspecified atom stereocenters. The van der Waals surface area contributed by atoms with Crippen molar-refractivity contribution in [2.24, 2.45) is 0 Å². The summed E-state index contributed by atoms with van der Waals surface area (Å²) in [5.41, 5.74) is 7.15. The summed E-state index contributed by atoms with van der Waals surface area (Å²) in [6, 6.07) is 14.9. The predicted octanol–water partition coefficient (Wildman–Crippen LogP) is 5.60. The maximum absolute atomic E-state index is 6.31. The van der Waals surface area contributed by atoms with Gasteiger partial charge in [-0.3, -0.25) is 4.40 Å². The summed E-state index contributed by atoms with van der Waals surface area (Å²) in [7, 11) is -0.398. The summed E-state index contributed by atoms with van der Waals surface area (Å²) >= 11 is 0. The van der Waals surface area contributed by atoms with Crippen LogP contribution in [0.15, 0.2) is 66.9 Å². The minimum Gasteiger partial charge on any atom is -0.399 e. The molecule has 160 valence electrons. The molecule has 1 aliphatic heterocycles. The van der Waals surface area contributed by atoms with Crippen molar-refractivity contribution in [2.45, 2.75) is 45.8 Å². The molecule has 0 radical (unpaired) electrons. The van der Waals surface area contributed by atoms with Gasteiger partial charge in [0.1, 0.15) is 5.65 Å². The summed E-state index contributed by atoms with van der Waals surface area (Å²) in [6.07, 6.45) is 5.81. The van der Waals surface area contributed by atoms with Crippen LogP contribution in [0.3, 0.4) is 0 Å². The first-order valence-electron chi connectivity index (χ1n) is 10.9. The average Bonchev–Trinajstić information content (AvgIpc) is 3.20. The number of allylic oxidation sites excluding steroid dienone is 2. The van der Waals surface area contributed by atoms with E-state index in [2.05, 4.69) is 92.9 Å². The van der Waals surface area contributed by atoms with Crippen molar-refractivity contribution in [3.8, 4) is 0 Å². The lowest BCUT2D eigenvalue weighted by molar-refractivity contribution is 0.00578. The third-order valence-corrected chi connectivity index (χ3v) is 6.81. The Morgan fingerprint density at radius 1 is 1.00 bits per heavy atom. The van der Waals surface area contributed by atoms with Gasteiger partial charge in [-0.1, -0.05) is 49.1 Å². The van der Waals surface area contributed by atoms with Gasteiger partial charge >= 0.3 is 7.12 Å². The molecule has 3 heterocycles. The van der Waals surface area contributed by atoms with Crippen molar-refractivity contribution in [1.29, 1.82) is 0 Å². The zero-order chi connectivity index (χ0) is 22.7. The Balaban J connectivity index is 1.78. The molecule has 2 aromatic heterocycles. The van der Waals surface area contributed by atoms with Crippen LogP contribution >= 0.6 is 0 Å². The van der Waals surface area contributed by atoms with Crippen LogP contribution in [0, 0.1) is 6.92 Å². The Morgan fingerprint density at radius 3 is 2.44 bits per heavy atom. The zero-order valence-electron chi connectivity index (χ0n) is 19.3. The van der Waals surface area contributed by atoms with Crippen LogP contribution in [-0.2, 0) is 9.31 Å². The van der Waals surface area contributed by atoms with Crippen LogP contribution < -0.4 is 5.46 Å². The van der Waals surface area contributed by atoms with E-state index in [-0.39, 0.29) is 11.2 Å². The molecule has 4 aromatic rings. The molecule has 5 rings (SSSR count). The number of para-hydroxylation sites is 1. The third-order valence-electron chi connectivity index (χ3n) is 6.81. The fourth-order valence-corrected chi connectivity index (χ4v) is 4.37. The number of hydrogen-bond donors (Lipinski definition) is 0. The molecule has 0 aliphatic carbocycles. The minimum absolute atomic E-state index is 0.375. The van der Waals surface area contributed by atoms with Crippen molar-refractivity contribution in [3.63, 3.8) is 0 Å². The van der Waals surface area contributed by atoms with E-state index < -0.39 is 7.12 Å². The molecular weight excluding hydrogens is 395 g/mol. The molecule has 1 aliphatic rings. The number of aryl methyl sites for hydroxylation is 1. The van der Waals surface area contributed by atoms with Crippen LogP contribution in [0.5, 0.6) is 0 Å². The molecule has 1 fully saturated rings. The highest BCUT2D eigenvalue weighted by molar-refractivity contribution is 6.62. The lowest BCUT2D eigenvalue weighted by atomic mass is 9.78. The summed E-state index contributed by atoms with van der Waals surface area (Å²) in [6.45, 7) is 14.0. The molecule has 0 bridgehead atoms. The van der Waals surface area contributed by atoms with E-state index in [9.17, 15) is 0 Å². The SMILES string of the molecule is C=C=C/C=C\c1c(C)nc2c3ccc(B4OC(C)(C)C(C)(C)O4)cc3c3ccccc3n12. The van der Waals surface area contributed by atoms with E-state index in [1.165, 1.54) is 5.39 Å². The van der Waals surface area contributed by atoms with Crippen LogP contribution in [0.1, 0.15) is 39.1 Å². The Morgan fingerprint density at radius 2 is 1.72 bits per heavy atom. The number of fused-ring (bicyclic) bond motifs is 6. The molecule has 1 saturated heterocycles. The Bertz CT molecular complexity index is 1440. The van der Waals surface area contributed by atoms with Crippen molar-refractivity contribution >= 4 is 46.0 Å². The first-order chi connectivity index (χ1) is 15.2. The maximum atomic E-state index is 6.31. The molecule has 0 saturated carbocycles. The molecule has 4 nitrogen and oxygen atoms in total. The first kappa shape index (κ1) is 20.8. The number of benzene rings is 2. The minimum atomic E-state index is -0.398. The fraction of sp³-hybridized carbons (Fsp3) is 0.259. The normalized spacial score (nSPS) is 17.6. The fourth-order valence-electron chi connectivity index (χ4n) is 4.37. The van der Waals surface area contributed by atoms with Crippen molar-refractivity contribution in [2.75, 3.05) is 0 Å². The quantitative estimate of drug-likeness (QED) is 0.187. The number of imidazole rings is 1. The first-order valence-corrected chi connectivity index (χ1v) is 10.9. The van der Waals surface area contributed by atoms with E-state index in [0.29, 0.717) is 0 Å². The Kier molecular flexibility index (Phi) is 4.68. The van der Waals surface area contributed by atoms with Crippen LogP contribution in [0.25, 0.3) is 33.4 Å². The van der Waals surface area contributed by atoms with Gasteiger partial charge in [0.05, 0.1) is 28.1 Å². The van der Waals surface area contributed by atoms with Gasteiger partial charge in [-0.05, 0) is 63.7 Å². The number of rotatable bonds is 3. The van der Waals surface area contributed by atoms with E-state index in [1.54, 1.807) is 6.08 Å². The monoisotopic (exact) mass is 422 g/mol. The third kappa shape index (κ3) is 3.05. The molecule has 5 heteroatoms. The van der Waals surface area contributed by atoms with Crippen molar-refractivity contribution < 1.29 is 9.31 Å². The summed E-state index contributed by atoms with van der Waals surface area (Å²) in [4.78, 5) is 4.94. The second kappa shape index (κ2) is 7.21. The van der Waals surface area contributed by atoms with E-state index in [1.807, 2.05) is 13.0 Å². The van der Waals surface area contributed by atoms with Gasteiger partial charge in [-0.15, -0.1) is 5.73 Å². The van der Waals surface area contributed by atoms with Gasteiger partial charge in [0.2, 0.25) is 0 Å². The van der Waals surface area contributed by atoms with E-state index in [0.717, 1.165) is 38.8 Å². The average molecular weight is 422 g/mol. The Labute approximate surface area is 189 Å². The molecule has 0 spiro atoms. The largest absolute Gasteiger partial charge is 0.494 e. The lowest BCUT2D eigenvalue weighted by Crippen LogP contribution is -2.41. The standard InChI is InChI=1S/C27H27BN2O2/c1-7-8-9-13-23-18(2)29-25-21-16-15-19(28-31-26(3,4)27(5,6)32-28)17-22(21)20-12-10-11-14-24(20)30(23)25/h8-17H,1H2,2-6H3/b13-9-.